The smallest absolute Gasteiger partial charge is 0.238 e. The minimum Gasteiger partial charge on any atom is -0.352 e. The van der Waals surface area contributed by atoms with Crippen LogP contribution in [-0.2, 0) is 14.6 Å². The number of allylic oxidation sites excluding steroid dienone is 1. The first kappa shape index (κ1) is 16.2. The first-order valence-electron chi connectivity index (χ1n) is 7.01. The Hall–Kier alpha value is -0.840. The second-order valence-electron chi connectivity index (χ2n) is 5.42. The van der Waals surface area contributed by atoms with Crippen molar-refractivity contribution in [2.24, 2.45) is 5.92 Å². The van der Waals surface area contributed by atoms with E-state index in [2.05, 4.69) is 12.2 Å². The standard InChI is InChI=1S/C14H25NO3S/c1-4-5-10-19(17,18)12(3)14(16)15-13-9-7-6-8-11(13)2/h4-5,11-13H,6-10H2,1-3H3,(H,15,16)/b5-4+. The highest BCUT2D eigenvalue weighted by atomic mass is 32.2. The molecule has 1 aliphatic carbocycles. The molecule has 0 radical (unpaired) electrons. The van der Waals surface area contributed by atoms with Gasteiger partial charge in [-0.3, -0.25) is 4.79 Å². The molecule has 0 aromatic heterocycles. The molecule has 0 aromatic carbocycles. The van der Waals surface area contributed by atoms with Crippen molar-refractivity contribution in [3.8, 4) is 0 Å². The maximum absolute atomic E-state index is 12.1. The molecule has 0 bridgehead atoms. The topological polar surface area (TPSA) is 63.2 Å². The van der Waals surface area contributed by atoms with E-state index in [0.29, 0.717) is 5.92 Å². The number of amides is 1. The van der Waals surface area contributed by atoms with E-state index < -0.39 is 15.1 Å². The first-order chi connectivity index (χ1) is 8.88. The summed E-state index contributed by atoms with van der Waals surface area (Å²) in [6.07, 6.45) is 7.62. The van der Waals surface area contributed by atoms with E-state index in [1.54, 1.807) is 19.1 Å². The van der Waals surface area contributed by atoms with Gasteiger partial charge in [-0.1, -0.05) is 31.9 Å². The monoisotopic (exact) mass is 287 g/mol. The summed E-state index contributed by atoms with van der Waals surface area (Å²) in [5.74, 6) is 0.00424. The summed E-state index contributed by atoms with van der Waals surface area (Å²) in [5, 5.41) is 1.93. The van der Waals surface area contributed by atoms with Gasteiger partial charge < -0.3 is 5.32 Å². The van der Waals surface area contributed by atoms with Crippen molar-refractivity contribution < 1.29 is 13.2 Å². The van der Waals surface area contributed by atoms with Crippen LogP contribution in [-0.4, -0.2) is 31.4 Å². The van der Waals surface area contributed by atoms with Crippen molar-refractivity contribution in [2.45, 2.75) is 57.7 Å². The molecule has 1 fully saturated rings. The van der Waals surface area contributed by atoms with Gasteiger partial charge in [-0.25, -0.2) is 8.42 Å². The lowest BCUT2D eigenvalue weighted by Gasteiger charge is -2.30. The zero-order valence-electron chi connectivity index (χ0n) is 12.1. The van der Waals surface area contributed by atoms with Gasteiger partial charge in [0.05, 0.1) is 5.75 Å². The van der Waals surface area contributed by atoms with Gasteiger partial charge in [0.2, 0.25) is 5.91 Å². The zero-order chi connectivity index (χ0) is 14.5. The van der Waals surface area contributed by atoms with Gasteiger partial charge in [0.25, 0.3) is 0 Å². The van der Waals surface area contributed by atoms with Gasteiger partial charge in [0.15, 0.2) is 9.84 Å². The second kappa shape index (κ2) is 7.08. The summed E-state index contributed by atoms with van der Waals surface area (Å²) in [6, 6.07) is 0.126. The SMILES string of the molecule is C/C=C/CS(=O)(=O)C(C)C(=O)NC1CCCCC1C. The molecule has 1 N–H and O–H groups in total. The van der Waals surface area contributed by atoms with Crippen LogP contribution in [0.5, 0.6) is 0 Å². The minimum absolute atomic E-state index is 0.0711. The highest BCUT2D eigenvalue weighted by molar-refractivity contribution is 7.92. The van der Waals surface area contributed by atoms with E-state index in [9.17, 15) is 13.2 Å². The number of carbonyl (C=O) groups excluding carboxylic acids is 1. The Morgan fingerprint density at radius 2 is 2.00 bits per heavy atom. The fourth-order valence-corrected chi connectivity index (χ4v) is 3.51. The number of rotatable bonds is 5. The van der Waals surface area contributed by atoms with Gasteiger partial charge in [-0.15, -0.1) is 0 Å². The van der Waals surface area contributed by atoms with Crippen molar-refractivity contribution in [1.29, 1.82) is 0 Å². The Morgan fingerprint density at radius 1 is 1.37 bits per heavy atom. The van der Waals surface area contributed by atoms with Gasteiger partial charge in [0, 0.05) is 6.04 Å². The molecule has 5 heteroatoms. The molecule has 1 aliphatic rings. The minimum atomic E-state index is -3.39. The molecule has 19 heavy (non-hydrogen) atoms. The van der Waals surface area contributed by atoms with E-state index in [4.69, 9.17) is 0 Å². The fourth-order valence-electron chi connectivity index (χ4n) is 2.37. The third-order valence-corrected chi connectivity index (χ3v) is 5.86. The molecule has 0 spiro atoms. The van der Waals surface area contributed by atoms with E-state index in [1.165, 1.54) is 13.3 Å². The highest BCUT2D eigenvalue weighted by Crippen LogP contribution is 2.24. The van der Waals surface area contributed by atoms with Crippen molar-refractivity contribution in [1.82, 2.24) is 5.32 Å². The van der Waals surface area contributed by atoms with Gasteiger partial charge in [0.1, 0.15) is 5.25 Å². The molecular weight excluding hydrogens is 262 g/mol. The predicted octanol–water partition coefficient (Wildman–Crippen LogP) is 2.06. The Labute approximate surface area is 116 Å². The fraction of sp³-hybridized carbons (Fsp3) is 0.786. The maximum atomic E-state index is 12.1. The summed E-state index contributed by atoms with van der Waals surface area (Å²) in [4.78, 5) is 12.1. The molecule has 1 rings (SSSR count). The van der Waals surface area contributed by atoms with Crippen molar-refractivity contribution in [2.75, 3.05) is 5.75 Å². The van der Waals surface area contributed by atoms with Crippen molar-refractivity contribution >= 4 is 15.7 Å². The summed E-state index contributed by atoms with van der Waals surface area (Å²) in [7, 11) is -3.39. The lowest BCUT2D eigenvalue weighted by atomic mass is 9.86. The van der Waals surface area contributed by atoms with Crippen LogP contribution in [0.4, 0.5) is 0 Å². The Bertz CT molecular complexity index is 428. The molecule has 110 valence electrons. The van der Waals surface area contributed by atoms with Gasteiger partial charge in [-0.2, -0.15) is 0 Å². The van der Waals surface area contributed by atoms with Crippen LogP contribution in [0.3, 0.4) is 0 Å². The Morgan fingerprint density at radius 3 is 2.58 bits per heavy atom. The lowest BCUT2D eigenvalue weighted by Crippen LogP contribution is -2.47. The summed E-state index contributed by atoms with van der Waals surface area (Å²) >= 11 is 0. The average molecular weight is 287 g/mol. The first-order valence-corrected chi connectivity index (χ1v) is 8.73. The summed E-state index contributed by atoms with van der Waals surface area (Å²) in [5.41, 5.74) is 0. The van der Waals surface area contributed by atoms with Gasteiger partial charge in [-0.05, 0) is 32.6 Å². The number of nitrogens with one attached hydrogen (secondary N) is 1. The number of hydrogen-bond acceptors (Lipinski definition) is 3. The normalized spacial score (nSPS) is 26.3. The molecule has 4 nitrogen and oxygen atoms in total. The largest absolute Gasteiger partial charge is 0.352 e. The van der Waals surface area contributed by atoms with Crippen LogP contribution >= 0.6 is 0 Å². The van der Waals surface area contributed by atoms with Crippen LogP contribution in [0.1, 0.15) is 46.5 Å². The maximum Gasteiger partial charge on any atom is 0.238 e. The van der Waals surface area contributed by atoms with Crippen molar-refractivity contribution in [3.05, 3.63) is 12.2 Å². The molecule has 3 unspecified atom stereocenters. The number of sulfone groups is 1. The third-order valence-electron chi connectivity index (χ3n) is 3.91. The Kier molecular flexibility index (Phi) is 6.04. The van der Waals surface area contributed by atoms with Crippen molar-refractivity contribution in [3.63, 3.8) is 0 Å². The van der Waals surface area contributed by atoms with Gasteiger partial charge >= 0.3 is 0 Å². The zero-order valence-corrected chi connectivity index (χ0v) is 12.9. The average Bonchev–Trinajstić information content (AvgIpc) is 2.38. The molecule has 0 aliphatic heterocycles. The summed E-state index contributed by atoms with van der Waals surface area (Å²) < 4.78 is 23.9. The van der Waals surface area contributed by atoms with E-state index >= 15 is 0 Å². The van der Waals surface area contributed by atoms with E-state index in [-0.39, 0.29) is 17.7 Å². The molecule has 0 heterocycles. The number of hydrogen-bond donors (Lipinski definition) is 1. The third kappa shape index (κ3) is 4.64. The number of carbonyl (C=O) groups is 1. The predicted molar refractivity (Wildman–Crippen MR) is 77.6 cm³/mol. The van der Waals surface area contributed by atoms with E-state index in [1.807, 2.05) is 0 Å². The molecular formula is C14H25NO3S. The molecule has 3 atom stereocenters. The van der Waals surface area contributed by atoms with Crippen LogP contribution in [0.25, 0.3) is 0 Å². The molecule has 0 aromatic rings. The van der Waals surface area contributed by atoms with Crippen LogP contribution in [0, 0.1) is 5.92 Å². The Balaban J connectivity index is 2.61. The summed E-state index contributed by atoms with van der Waals surface area (Å²) in [6.45, 7) is 5.36. The highest BCUT2D eigenvalue weighted by Gasteiger charge is 2.30. The molecule has 1 saturated carbocycles. The second-order valence-corrected chi connectivity index (χ2v) is 7.78. The van der Waals surface area contributed by atoms with Crippen LogP contribution in [0.15, 0.2) is 12.2 Å². The molecule has 1 amide bonds. The van der Waals surface area contributed by atoms with Crippen LogP contribution in [0.2, 0.25) is 0 Å². The van der Waals surface area contributed by atoms with Crippen LogP contribution < -0.4 is 5.32 Å². The quantitative estimate of drug-likeness (QED) is 0.787. The van der Waals surface area contributed by atoms with E-state index in [0.717, 1.165) is 19.3 Å². The molecule has 0 saturated heterocycles. The lowest BCUT2D eigenvalue weighted by molar-refractivity contribution is -0.121.